The van der Waals surface area contributed by atoms with Crippen LogP contribution < -0.4 is 15.8 Å². The lowest BCUT2D eigenvalue weighted by Gasteiger charge is -2.15. The van der Waals surface area contributed by atoms with E-state index in [1.54, 1.807) is 7.11 Å². The molecule has 0 aliphatic carbocycles. The van der Waals surface area contributed by atoms with Crippen molar-refractivity contribution in [2.24, 2.45) is 0 Å². The number of unbranched alkanes of at least 4 members (excludes halogenated alkanes) is 1. The van der Waals surface area contributed by atoms with E-state index in [1.165, 1.54) is 0 Å². The number of hydrogen-bond donors (Lipinski definition) is 2. The van der Waals surface area contributed by atoms with Gasteiger partial charge in [0.25, 0.3) is 0 Å². The van der Waals surface area contributed by atoms with E-state index in [2.05, 4.69) is 44.1 Å². The van der Waals surface area contributed by atoms with Crippen molar-refractivity contribution >= 4 is 43.2 Å². The molecule has 0 aromatic heterocycles. The van der Waals surface area contributed by atoms with Crippen LogP contribution >= 0.6 is 31.9 Å². The highest BCUT2D eigenvalue weighted by molar-refractivity contribution is 9.13. The second kappa shape index (κ2) is 6.35. The molecular weight excluding hydrogens is 336 g/mol. The predicted molar refractivity (Wildman–Crippen MR) is 76.2 cm³/mol. The third kappa shape index (κ3) is 3.04. The standard InChI is InChI=1S/C11H16Br2N2O/c1-3-4-5-15-11-8(16-2)6-7(12)9(13)10(11)14/h6,15H,3-5,14H2,1-2H3. The van der Waals surface area contributed by atoms with Gasteiger partial charge in [0, 0.05) is 11.0 Å². The minimum atomic E-state index is 0.669. The Labute approximate surface area is 113 Å². The molecule has 0 saturated heterocycles. The van der Waals surface area contributed by atoms with E-state index in [4.69, 9.17) is 10.5 Å². The molecule has 0 atom stereocenters. The number of nitrogens with one attached hydrogen (secondary N) is 1. The van der Waals surface area contributed by atoms with Gasteiger partial charge in [-0.2, -0.15) is 0 Å². The SMILES string of the molecule is CCCCNc1c(OC)cc(Br)c(Br)c1N. The maximum Gasteiger partial charge on any atom is 0.145 e. The van der Waals surface area contributed by atoms with E-state index in [0.29, 0.717) is 5.69 Å². The van der Waals surface area contributed by atoms with E-state index in [1.807, 2.05) is 6.07 Å². The van der Waals surface area contributed by atoms with Crippen molar-refractivity contribution in [2.75, 3.05) is 24.7 Å². The monoisotopic (exact) mass is 350 g/mol. The van der Waals surface area contributed by atoms with E-state index in [9.17, 15) is 0 Å². The fraction of sp³-hybridized carbons (Fsp3) is 0.455. The van der Waals surface area contributed by atoms with Crippen LogP contribution in [0.2, 0.25) is 0 Å². The highest BCUT2D eigenvalue weighted by Gasteiger charge is 2.13. The molecule has 0 unspecified atom stereocenters. The van der Waals surface area contributed by atoms with Crippen molar-refractivity contribution in [3.8, 4) is 5.75 Å². The normalized spacial score (nSPS) is 10.2. The average molecular weight is 352 g/mol. The summed E-state index contributed by atoms with van der Waals surface area (Å²) in [5.41, 5.74) is 7.54. The van der Waals surface area contributed by atoms with Crippen LogP contribution in [0.1, 0.15) is 19.8 Å². The van der Waals surface area contributed by atoms with Crippen molar-refractivity contribution < 1.29 is 4.74 Å². The number of nitrogens with two attached hydrogens (primary N) is 1. The molecule has 0 radical (unpaired) electrons. The minimum Gasteiger partial charge on any atom is -0.494 e. The van der Waals surface area contributed by atoms with E-state index >= 15 is 0 Å². The van der Waals surface area contributed by atoms with Crippen LogP contribution in [0.4, 0.5) is 11.4 Å². The summed E-state index contributed by atoms with van der Waals surface area (Å²) >= 11 is 6.85. The first-order chi connectivity index (χ1) is 7.61. The van der Waals surface area contributed by atoms with Gasteiger partial charge in [0.05, 0.1) is 17.3 Å². The lowest BCUT2D eigenvalue weighted by Crippen LogP contribution is -2.06. The lowest BCUT2D eigenvalue weighted by atomic mass is 10.2. The van der Waals surface area contributed by atoms with Crippen molar-refractivity contribution in [2.45, 2.75) is 19.8 Å². The fourth-order valence-electron chi connectivity index (χ4n) is 1.36. The number of anilines is 2. The van der Waals surface area contributed by atoms with Crippen LogP contribution in [0.3, 0.4) is 0 Å². The van der Waals surface area contributed by atoms with Crippen LogP contribution in [0.15, 0.2) is 15.0 Å². The highest BCUT2D eigenvalue weighted by Crippen LogP contribution is 2.41. The Balaban J connectivity index is 3.00. The average Bonchev–Trinajstić information content (AvgIpc) is 2.29. The molecular formula is C11H16Br2N2O. The maximum absolute atomic E-state index is 6.02. The molecule has 90 valence electrons. The first kappa shape index (κ1) is 13.6. The van der Waals surface area contributed by atoms with Gasteiger partial charge in [-0.15, -0.1) is 0 Å². The fourth-order valence-corrected chi connectivity index (χ4v) is 2.09. The summed E-state index contributed by atoms with van der Waals surface area (Å²) in [6.07, 6.45) is 2.25. The van der Waals surface area contributed by atoms with Crippen LogP contribution in [-0.4, -0.2) is 13.7 Å². The maximum atomic E-state index is 6.02. The topological polar surface area (TPSA) is 47.3 Å². The Morgan fingerprint density at radius 1 is 1.44 bits per heavy atom. The Morgan fingerprint density at radius 2 is 2.12 bits per heavy atom. The van der Waals surface area contributed by atoms with Crippen molar-refractivity contribution in [3.63, 3.8) is 0 Å². The molecule has 1 aromatic carbocycles. The zero-order chi connectivity index (χ0) is 12.1. The number of halogens is 2. The minimum absolute atomic E-state index is 0.669. The Bertz CT molecular complexity index is 369. The second-order valence-electron chi connectivity index (χ2n) is 3.44. The number of ether oxygens (including phenoxy) is 1. The van der Waals surface area contributed by atoms with Crippen LogP contribution in [0.5, 0.6) is 5.75 Å². The number of rotatable bonds is 5. The molecule has 3 N–H and O–H groups in total. The number of hydrogen-bond acceptors (Lipinski definition) is 3. The number of nitrogen functional groups attached to an aromatic ring is 1. The molecule has 0 heterocycles. The number of benzene rings is 1. The first-order valence-electron chi connectivity index (χ1n) is 5.17. The zero-order valence-corrected chi connectivity index (χ0v) is 12.6. The Hall–Kier alpha value is -0.420. The Morgan fingerprint density at radius 3 is 2.69 bits per heavy atom. The third-order valence-electron chi connectivity index (χ3n) is 2.27. The number of methoxy groups -OCH3 is 1. The summed E-state index contributed by atoms with van der Waals surface area (Å²) in [4.78, 5) is 0. The van der Waals surface area contributed by atoms with E-state index < -0.39 is 0 Å². The molecule has 16 heavy (non-hydrogen) atoms. The van der Waals surface area contributed by atoms with Gasteiger partial charge < -0.3 is 15.8 Å². The summed E-state index contributed by atoms with van der Waals surface area (Å²) in [5, 5.41) is 3.30. The summed E-state index contributed by atoms with van der Waals surface area (Å²) in [7, 11) is 1.64. The summed E-state index contributed by atoms with van der Waals surface area (Å²) in [6.45, 7) is 3.05. The molecule has 0 aliphatic heterocycles. The smallest absolute Gasteiger partial charge is 0.145 e. The molecule has 1 rings (SSSR count). The van der Waals surface area contributed by atoms with Gasteiger partial charge >= 0.3 is 0 Å². The van der Waals surface area contributed by atoms with Gasteiger partial charge in [-0.1, -0.05) is 13.3 Å². The van der Waals surface area contributed by atoms with Crippen molar-refractivity contribution in [3.05, 3.63) is 15.0 Å². The lowest BCUT2D eigenvalue weighted by molar-refractivity contribution is 0.416. The van der Waals surface area contributed by atoms with Gasteiger partial charge in [-0.25, -0.2) is 0 Å². The molecule has 0 bridgehead atoms. The summed E-state index contributed by atoms with van der Waals surface area (Å²) in [6, 6.07) is 1.90. The van der Waals surface area contributed by atoms with Crippen LogP contribution in [-0.2, 0) is 0 Å². The van der Waals surface area contributed by atoms with Gasteiger partial charge in [-0.05, 0) is 44.3 Å². The predicted octanol–water partition coefficient (Wildman–Crippen LogP) is 4.01. The highest BCUT2D eigenvalue weighted by atomic mass is 79.9. The van der Waals surface area contributed by atoms with Crippen molar-refractivity contribution in [1.82, 2.24) is 0 Å². The van der Waals surface area contributed by atoms with Crippen molar-refractivity contribution in [1.29, 1.82) is 0 Å². The quantitative estimate of drug-likeness (QED) is 0.622. The van der Waals surface area contributed by atoms with Crippen LogP contribution in [0.25, 0.3) is 0 Å². The van der Waals surface area contributed by atoms with Gasteiger partial charge in [-0.3, -0.25) is 0 Å². The third-order valence-corrected chi connectivity index (χ3v) is 4.28. The molecule has 5 heteroatoms. The molecule has 0 spiro atoms. The zero-order valence-electron chi connectivity index (χ0n) is 9.44. The van der Waals surface area contributed by atoms with Crippen LogP contribution in [0, 0.1) is 0 Å². The van der Waals surface area contributed by atoms with Gasteiger partial charge in [0.15, 0.2) is 0 Å². The first-order valence-corrected chi connectivity index (χ1v) is 6.75. The molecule has 0 saturated carbocycles. The molecule has 0 fully saturated rings. The largest absolute Gasteiger partial charge is 0.494 e. The van der Waals surface area contributed by atoms with Gasteiger partial charge in [0.2, 0.25) is 0 Å². The van der Waals surface area contributed by atoms with Gasteiger partial charge in [0.1, 0.15) is 11.4 Å². The summed E-state index contributed by atoms with van der Waals surface area (Å²) < 4.78 is 7.04. The van der Waals surface area contributed by atoms with E-state index in [0.717, 1.165) is 39.8 Å². The molecule has 3 nitrogen and oxygen atoms in total. The molecule has 0 amide bonds. The van der Waals surface area contributed by atoms with E-state index in [-0.39, 0.29) is 0 Å². The second-order valence-corrected chi connectivity index (χ2v) is 5.09. The summed E-state index contributed by atoms with van der Waals surface area (Å²) in [5.74, 6) is 0.753. The Kier molecular flexibility index (Phi) is 5.41. The molecule has 1 aromatic rings. The molecule has 0 aliphatic rings.